The Hall–Kier alpha value is -1.77. The normalized spacial score (nSPS) is 17.8. The molecule has 0 aromatic carbocycles. The topological polar surface area (TPSA) is 77.9 Å². The molecular weight excluding hydrogens is 210 g/mol. The van der Waals surface area contributed by atoms with Crippen LogP contribution in [0.4, 0.5) is 0 Å². The van der Waals surface area contributed by atoms with Gasteiger partial charge in [0, 0.05) is 13.0 Å². The third kappa shape index (κ3) is 3.12. The molecule has 1 aliphatic heterocycles. The Kier molecular flexibility index (Phi) is 4.58. The zero-order chi connectivity index (χ0) is 12.0. The summed E-state index contributed by atoms with van der Waals surface area (Å²) in [5, 5.41) is 18.1. The van der Waals surface area contributed by atoms with Crippen LogP contribution in [-0.2, 0) is 9.53 Å². The maximum absolute atomic E-state index is 11.5. The molecular formula is C10H16N3O3+. The van der Waals surface area contributed by atoms with E-state index in [2.05, 4.69) is 4.98 Å². The van der Waals surface area contributed by atoms with Gasteiger partial charge in [-0.1, -0.05) is 0 Å². The molecule has 6 heteroatoms. The van der Waals surface area contributed by atoms with E-state index >= 15 is 0 Å². The van der Waals surface area contributed by atoms with Gasteiger partial charge in [-0.25, -0.2) is 0 Å². The van der Waals surface area contributed by atoms with Crippen LogP contribution in [0.25, 0.3) is 4.98 Å². The van der Waals surface area contributed by atoms with Gasteiger partial charge in [-0.05, 0) is 19.8 Å². The molecule has 0 atom stereocenters. The van der Waals surface area contributed by atoms with Crippen molar-refractivity contribution in [1.29, 1.82) is 5.39 Å². The summed E-state index contributed by atoms with van der Waals surface area (Å²) in [7, 11) is 0. The van der Waals surface area contributed by atoms with E-state index < -0.39 is 5.95 Å². The lowest BCUT2D eigenvalue weighted by atomic mass is 10.1. The monoisotopic (exact) mass is 226 g/mol. The van der Waals surface area contributed by atoms with Crippen LogP contribution in [0.1, 0.15) is 26.2 Å². The molecule has 88 valence electrons. The number of rotatable bonds is 4. The van der Waals surface area contributed by atoms with E-state index in [0.29, 0.717) is 13.0 Å². The lowest BCUT2D eigenvalue weighted by Gasteiger charge is -2.23. The van der Waals surface area contributed by atoms with Crippen LogP contribution in [0.5, 0.6) is 0 Å². The molecule has 1 amide bonds. The van der Waals surface area contributed by atoms with Crippen molar-refractivity contribution in [2.24, 2.45) is 0 Å². The van der Waals surface area contributed by atoms with Crippen LogP contribution in [0.3, 0.4) is 0 Å². The molecule has 1 heterocycles. The van der Waals surface area contributed by atoms with Gasteiger partial charge in [0.05, 0.1) is 6.61 Å². The van der Waals surface area contributed by atoms with Crippen molar-refractivity contribution in [2.45, 2.75) is 26.2 Å². The largest absolute Gasteiger partial charge is 0.475 e. The molecule has 1 saturated heterocycles. The fourth-order valence-corrected chi connectivity index (χ4v) is 1.57. The van der Waals surface area contributed by atoms with Gasteiger partial charge in [-0.2, -0.15) is 0 Å². The lowest BCUT2D eigenvalue weighted by molar-refractivity contribution is -0.132. The number of hydrogen-bond acceptors (Lipinski definition) is 4. The fraction of sp³-hybridized carbons (Fsp3) is 0.700. The molecule has 0 radical (unpaired) electrons. The summed E-state index contributed by atoms with van der Waals surface area (Å²) in [4.78, 5) is 16.0. The third-order valence-electron chi connectivity index (χ3n) is 2.41. The van der Waals surface area contributed by atoms with E-state index in [9.17, 15) is 9.90 Å². The van der Waals surface area contributed by atoms with Crippen molar-refractivity contribution in [1.82, 2.24) is 4.90 Å². The van der Waals surface area contributed by atoms with E-state index in [1.165, 1.54) is 0 Å². The highest BCUT2D eigenvalue weighted by Crippen LogP contribution is 2.14. The van der Waals surface area contributed by atoms with Crippen molar-refractivity contribution in [2.75, 3.05) is 19.7 Å². The molecule has 1 aliphatic rings. The number of likely N-dealkylation sites (tertiary alicyclic amines) is 1. The second-order valence-electron chi connectivity index (χ2n) is 3.56. The second-order valence-corrected chi connectivity index (χ2v) is 3.56. The van der Waals surface area contributed by atoms with E-state index in [1.807, 2.05) is 0 Å². The summed E-state index contributed by atoms with van der Waals surface area (Å²) in [6, 6.07) is 0. The van der Waals surface area contributed by atoms with Crippen molar-refractivity contribution in [3.8, 4) is 0 Å². The highest BCUT2D eigenvalue weighted by Gasteiger charge is 2.28. The maximum atomic E-state index is 11.5. The summed E-state index contributed by atoms with van der Waals surface area (Å²) in [5.41, 5.74) is -0.0166. The second kappa shape index (κ2) is 5.95. The molecule has 6 nitrogen and oxygen atoms in total. The Morgan fingerprint density at radius 3 is 2.94 bits per heavy atom. The van der Waals surface area contributed by atoms with E-state index in [0.717, 1.165) is 12.8 Å². The average molecular weight is 226 g/mol. The highest BCUT2D eigenvalue weighted by atomic mass is 16.6. The van der Waals surface area contributed by atoms with Crippen LogP contribution in [0.15, 0.2) is 11.6 Å². The van der Waals surface area contributed by atoms with Gasteiger partial charge in [0.2, 0.25) is 11.3 Å². The van der Waals surface area contributed by atoms with Gasteiger partial charge in [-0.3, -0.25) is 4.79 Å². The molecule has 0 unspecified atom stereocenters. The molecule has 1 rings (SSSR count). The smallest absolute Gasteiger partial charge is 0.459 e. The highest BCUT2D eigenvalue weighted by molar-refractivity contribution is 5.77. The predicted molar refractivity (Wildman–Crippen MR) is 56.8 cm³/mol. The number of nitrogens with zero attached hydrogens (tertiary/aromatic N) is 3. The zero-order valence-corrected chi connectivity index (χ0v) is 9.35. The predicted octanol–water partition coefficient (Wildman–Crippen LogP) is 1.62. The van der Waals surface area contributed by atoms with Crippen LogP contribution >= 0.6 is 0 Å². The maximum Gasteiger partial charge on any atom is 0.459 e. The molecule has 0 bridgehead atoms. The summed E-state index contributed by atoms with van der Waals surface area (Å²) < 4.78 is 4.82. The minimum Gasteiger partial charge on any atom is -0.475 e. The molecule has 0 spiro atoms. The SMILES string of the molecule is CCO/C(O)=C(\CN1CCCCC1=O)[N+]#N. The molecule has 0 aromatic rings. The zero-order valence-electron chi connectivity index (χ0n) is 9.35. The van der Waals surface area contributed by atoms with E-state index in [-0.39, 0.29) is 24.8 Å². The number of carbonyl (C=O) groups is 1. The first-order chi connectivity index (χ1) is 7.69. The minimum absolute atomic E-state index is 0.0108. The molecule has 0 aromatic heterocycles. The summed E-state index contributed by atoms with van der Waals surface area (Å²) in [5.74, 6) is -0.417. The first-order valence-corrected chi connectivity index (χ1v) is 5.36. The lowest BCUT2D eigenvalue weighted by Crippen LogP contribution is -2.36. The molecule has 16 heavy (non-hydrogen) atoms. The summed E-state index contributed by atoms with van der Waals surface area (Å²) >= 11 is 0. The van der Waals surface area contributed by atoms with Crippen molar-refractivity contribution < 1.29 is 14.6 Å². The van der Waals surface area contributed by atoms with E-state index in [1.54, 1.807) is 11.8 Å². The number of piperidine rings is 1. The molecule has 1 fully saturated rings. The number of amides is 1. The number of carbonyl (C=O) groups excluding carboxylic acids is 1. The van der Waals surface area contributed by atoms with Gasteiger partial charge in [0.1, 0.15) is 6.54 Å². The van der Waals surface area contributed by atoms with Gasteiger partial charge >= 0.3 is 11.6 Å². The van der Waals surface area contributed by atoms with Crippen molar-refractivity contribution >= 4 is 5.91 Å². The Morgan fingerprint density at radius 1 is 1.62 bits per heavy atom. The van der Waals surface area contributed by atoms with Crippen LogP contribution < -0.4 is 0 Å². The Morgan fingerprint density at radius 2 is 2.38 bits per heavy atom. The van der Waals surface area contributed by atoms with Crippen LogP contribution in [0, 0.1) is 5.39 Å². The molecule has 0 saturated carbocycles. The van der Waals surface area contributed by atoms with Crippen molar-refractivity contribution in [3.05, 3.63) is 16.6 Å². The Labute approximate surface area is 94.1 Å². The van der Waals surface area contributed by atoms with Crippen molar-refractivity contribution in [3.63, 3.8) is 0 Å². The number of hydrogen-bond donors (Lipinski definition) is 1. The number of aliphatic hydroxyl groups excluding tert-OH is 1. The summed E-state index contributed by atoms with van der Waals surface area (Å²) in [6.07, 6.45) is 2.33. The van der Waals surface area contributed by atoms with Crippen LogP contribution in [0.2, 0.25) is 0 Å². The first-order valence-electron chi connectivity index (χ1n) is 5.36. The first kappa shape index (κ1) is 12.3. The van der Waals surface area contributed by atoms with Gasteiger partial charge < -0.3 is 14.7 Å². The Bertz CT molecular complexity index is 333. The van der Waals surface area contributed by atoms with Crippen LogP contribution in [-0.4, -0.2) is 35.6 Å². The summed E-state index contributed by atoms with van der Waals surface area (Å²) in [6.45, 7) is 2.69. The van der Waals surface area contributed by atoms with Gasteiger partial charge in [-0.15, -0.1) is 0 Å². The third-order valence-corrected chi connectivity index (χ3v) is 2.41. The van der Waals surface area contributed by atoms with E-state index in [4.69, 9.17) is 10.1 Å². The molecule has 0 aliphatic carbocycles. The average Bonchev–Trinajstić information content (AvgIpc) is 2.28. The number of diazo groups is 1. The quantitative estimate of drug-likeness (QED) is 0.583. The molecule has 1 N–H and O–H groups in total. The van der Waals surface area contributed by atoms with Gasteiger partial charge in [0.15, 0.2) is 4.98 Å². The fourth-order valence-electron chi connectivity index (χ4n) is 1.57. The standard InChI is InChI=1S/C10H15N3O3/c1-2-16-10(15)8(12-11)7-13-6-4-3-5-9(13)14/h2-7H2,1H3/p+1/b10-8+. The Balaban J connectivity index is 2.66. The number of aliphatic hydroxyl groups is 1. The number of ether oxygens (including phenoxy) is 1. The minimum atomic E-state index is -0.427. The van der Waals surface area contributed by atoms with Gasteiger partial charge in [0.25, 0.3) is 0 Å².